The molecule has 2 unspecified atom stereocenters. The Morgan fingerprint density at radius 1 is 0.824 bits per heavy atom. The maximum absolute atomic E-state index is 2.60. The minimum atomic E-state index is 0.558. The molecule has 0 radical (unpaired) electrons. The van der Waals surface area contributed by atoms with Gasteiger partial charge >= 0.3 is 0 Å². The lowest BCUT2D eigenvalue weighted by Gasteiger charge is -2.85. The number of thioether (sulfide) groups is 2. The Morgan fingerprint density at radius 3 is 1.82 bits per heavy atom. The second-order valence-corrected chi connectivity index (χ2v) is 9.54. The molecular formula is C15H24S2. The van der Waals surface area contributed by atoms with Crippen LogP contribution in [0.25, 0.3) is 0 Å². The third-order valence-electron chi connectivity index (χ3n) is 7.25. The van der Waals surface area contributed by atoms with Gasteiger partial charge in [-0.05, 0) is 67.3 Å². The smallest absolute Gasteiger partial charge is 0.0291 e. The standard InChI is InChI=1S/C15H24S2/c1-13(2)14(16-3)10-5-9-6-11(8-10)15(13,17-4)12(14)7-9/h9-12H,5-8H2,1-4H3/t9?,10-,11+,12?,14-,15+. The van der Waals surface area contributed by atoms with Gasteiger partial charge in [0.25, 0.3) is 0 Å². The maximum Gasteiger partial charge on any atom is 0.0291 e. The summed E-state index contributed by atoms with van der Waals surface area (Å²) in [6, 6.07) is 0. The van der Waals surface area contributed by atoms with Crippen molar-refractivity contribution < 1.29 is 0 Å². The molecule has 6 saturated carbocycles. The number of hydrogen-bond donors (Lipinski definition) is 0. The molecule has 0 N–H and O–H groups in total. The molecule has 0 amide bonds. The maximum atomic E-state index is 2.60. The molecule has 96 valence electrons. The van der Waals surface area contributed by atoms with E-state index < -0.39 is 0 Å². The first-order valence-electron chi connectivity index (χ1n) is 7.15. The lowest BCUT2D eigenvalue weighted by atomic mass is 9.29. The van der Waals surface area contributed by atoms with Crippen LogP contribution in [0, 0.1) is 29.1 Å². The first-order valence-corrected chi connectivity index (χ1v) is 9.59. The van der Waals surface area contributed by atoms with Crippen LogP contribution in [-0.2, 0) is 0 Å². The average molecular weight is 268 g/mol. The van der Waals surface area contributed by atoms with E-state index in [9.17, 15) is 0 Å². The van der Waals surface area contributed by atoms with Crippen LogP contribution in [0.4, 0.5) is 0 Å². The fourth-order valence-corrected chi connectivity index (χ4v) is 10.8. The summed E-state index contributed by atoms with van der Waals surface area (Å²) in [6.45, 7) is 5.20. The summed E-state index contributed by atoms with van der Waals surface area (Å²) in [5.74, 6) is 4.22. The summed E-state index contributed by atoms with van der Waals surface area (Å²) in [4.78, 5) is 0. The van der Waals surface area contributed by atoms with Crippen molar-refractivity contribution >= 4 is 23.5 Å². The molecule has 0 aromatic heterocycles. The fraction of sp³-hybridized carbons (Fsp3) is 1.00. The largest absolute Gasteiger partial charge is 0.157 e. The van der Waals surface area contributed by atoms with Gasteiger partial charge in [-0.1, -0.05) is 13.8 Å². The second kappa shape index (κ2) is 3.06. The molecular weight excluding hydrogens is 244 g/mol. The summed E-state index contributed by atoms with van der Waals surface area (Å²) >= 11 is 4.47. The highest BCUT2D eigenvalue weighted by atomic mass is 32.2. The molecule has 0 aliphatic heterocycles. The quantitative estimate of drug-likeness (QED) is 0.732. The highest BCUT2D eigenvalue weighted by Crippen LogP contribution is 2.85. The monoisotopic (exact) mass is 268 g/mol. The van der Waals surface area contributed by atoms with Crippen LogP contribution in [0.5, 0.6) is 0 Å². The highest BCUT2D eigenvalue weighted by Gasteiger charge is 2.84. The molecule has 0 aromatic carbocycles. The molecule has 0 nitrogen and oxygen atoms in total. The summed E-state index contributed by atoms with van der Waals surface area (Å²) in [5, 5.41) is 0. The molecule has 6 rings (SSSR count). The summed E-state index contributed by atoms with van der Waals surface area (Å²) in [7, 11) is 0. The Hall–Kier alpha value is 0.700. The van der Waals surface area contributed by atoms with E-state index in [0.717, 1.165) is 23.7 Å². The Kier molecular flexibility index (Phi) is 2.07. The third kappa shape index (κ3) is 0.862. The topological polar surface area (TPSA) is 0 Å². The molecule has 17 heavy (non-hydrogen) atoms. The van der Waals surface area contributed by atoms with Gasteiger partial charge in [-0.15, -0.1) is 0 Å². The van der Waals surface area contributed by atoms with Gasteiger partial charge in [-0.3, -0.25) is 0 Å². The molecule has 0 saturated heterocycles. The van der Waals surface area contributed by atoms with E-state index in [1.165, 1.54) is 0 Å². The molecule has 6 aliphatic rings. The van der Waals surface area contributed by atoms with Crippen LogP contribution in [0.3, 0.4) is 0 Å². The Morgan fingerprint density at radius 2 is 1.35 bits per heavy atom. The van der Waals surface area contributed by atoms with Crippen molar-refractivity contribution in [1.82, 2.24) is 0 Å². The zero-order chi connectivity index (χ0) is 12.1. The van der Waals surface area contributed by atoms with Crippen molar-refractivity contribution in [2.45, 2.75) is 49.0 Å². The molecule has 0 spiro atoms. The lowest BCUT2D eigenvalue weighted by molar-refractivity contribution is -0.214. The van der Waals surface area contributed by atoms with E-state index in [-0.39, 0.29) is 0 Å². The molecule has 2 heteroatoms. The Bertz CT molecular complexity index is 347. The minimum Gasteiger partial charge on any atom is -0.157 e. The third-order valence-corrected chi connectivity index (χ3v) is 10.9. The summed E-state index contributed by atoms with van der Waals surface area (Å²) in [5.41, 5.74) is 0.558. The summed E-state index contributed by atoms with van der Waals surface area (Å²) < 4.78 is 1.28. The first-order chi connectivity index (χ1) is 8.04. The number of rotatable bonds is 2. The van der Waals surface area contributed by atoms with Gasteiger partial charge in [-0.25, -0.2) is 0 Å². The van der Waals surface area contributed by atoms with Crippen LogP contribution in [0.1, 0.15) is 39.5 Å². The van der Waals surface area contributed by atoms with E-state index in [2.05, 4.69) is 49.9 Å². The molecule has 6 fully saturated rings. The van der Waals surface area contributed by atoms with Crippen LogP contribution in [0.15, 0.2) is 0 Å². The molecule has 6 bridgehead atoms. The Labute approximate surface area is 114 Å². The molecule has 0 heterocycles. The van der Waals surface area contributed by atoms with Gasteiger partial charge in [0, 0.05) is 9.49 Å². The predicted octanol–water partition coefficient (Wildman–Crippen LogP) is 4.30. The van der Waals surface area contributed by atoms with Crippen LogP contribution in [0.2, 0.25) is 0 Å². The first kappa shape index (κ1) is 11.5. The van der Waals surface area contributed by atoms with Crippen LogP contribution in [-0.4, -0.2) is 22.0 Å². The molecule has 6 atom stereocenters. The zero-order valence-electron chi connectivity index (χ0n) is 11.5. The van der Waals surface area contributed by atoms with Crippen molar-refractivity contribution in [3.8, 4) is 0 Å². The van der Waals surface area contributed by atoms with Crippen molar-refractivity contribution in [2.75, 3.05) is 12.5 Å². The molecule has 6 aliphatic carbocycles. The van der Waals surface area contributed by atoms with Gasteiger partial charge in [0.15, 0.2) is 0 Å². The van der Waals surface area contributed by atoms with E-state index in [1.54, 1.807) is 25.7 Å². The van der Waals surface area contributed by atoms with Crippen molar-refractivity contribution in [2.24, 2.45) is 29.1 Å². The normalized spacial score (nSPS) is 61.4. The van der Waals surface area contributed by atoms with Crippen molar-refractivity contribution in [3.05, 3.63) is 0 Å². The van der Waals surface area contributed by atoms with Gasteiger partial charge in [-0.2, -0.15) is 23.5 Å². The van der Waals surface area contributed by atoms with Gasteiger partial charge in [0.2, 0.25) is 0 Å². The van der Waals surface area contributed by atoms with Gasteiger partial charge < -0.3 is 0 Å². The van der Waals surface area contributed by atoms with E-state index in [0.29, 0.717) is 14.9 Å². The van der Waals surface area contributed by atoms with Crippen LogP contribution >= 0.6 is 23.5 Å². The van der Waals surface area contributed by atoms with E-state index in [4.69, 9.17) is 0 Å². The van der Waals surface area contributed by atoms with E-state index >= 15 is 0 Å². The fourth-order valence-electron chi connectivity index (χ4n) is 7.15. The van der Waals surface area contributed by atoms with Crippen molar-refractivity contribution in [3.63, 3.8) is 0 Å². The van der Waals surface area contributed by atoms with E-state index in [1.807, 2.05) is 0 Å². The van der Waals surface area contributed by atoms with Gasteiger partial charge in [0.1, 0.15) is 0 Å². The lowest BCUT2D eigenvalue weighted by Crippen LogP contribution is -2.86. The number of hydrogen-bond acceptors (Lipinski definition) is 2. The summed E-state index contributed by atoms with van der Waals surface area (Å²) in [6.07, 6.45) is 11.0. The van der Waals surface area contributed by atoms with Crippen molar-refractivity contribution in [1.29, 1.82) is 0 Å². The van der Waals surface area contributed by atoms with Crippen LogP contribution < -0.4 is 0 Å². The van der Waals surface area contributed by atoms with Gasteiger partial charge in [0.05, 0.1) is 0 Å². The highest BCUT2D eigenvalue weighted by molar-refractivity contribution is 8.02. The second-order valence-electron chi connectivity index (χ2n) is 7.37. The minimum absolute atomic E-state index is 0.558. The average Bonchev–Trinajstić information content (AvgIpc) is 2.28. The zero-order valence-corrected chi connectivity index (χ0v) is 13.1. The molecule has 0 aromatic rings. The SMILES string of the molecule is CS[C@]12C3CC4C[C@H]1C[C@@H](C4)[C@]3(SC)C2(C)C. The Balaban J connectivity index is 1.91. The predicted molar refractivity (Wildman–Crippen MR) is 78.7 cm³/mol.